The molecular weight excluding hydrogens is 320 g/mol. The summed E-state index contributed by atoms with van der Waals surface area (Å²) in [6, 6.07) is 6.82. The van der Waals surface area contributed by atoms with E-state index in [4.69, 9.17) is 0 Å². The molecule has 22 heavy (non-hydrogen) atoms. The molecule has 0 unspecified atom stereocenters. The SMILES string of the molecule is O=S(=O)(CCC1CC1)Nc1ccc(N=S2(=O)CCCC2)cc1. The van der Waals surface area contributed by atoms with Gasteiger partial charge in [-0.15, -0.1) is 0 Å². The van der Waals surface area contributed by atoms with Gasteiger partial charge in [0.15, 0.2) is 0 Å². The standard InChI is InChI=1S/C15H22N2O3S2/c18-21(10-1-2-11-21)16-14-5-7-15(8-6-14)17-22(19,20)12-9-13-3-4-13/h5-8,13,17H,1-4,9-12H2. The Morgan fingerprint density at radius 3 is 2.36 bits per heavy atom. The largest absolute Gasteiger partial charge is 0.284 e. The minimum absolute atomic E-state index is 0.178. The van der Waals surface area contributed by atoms with E-state index in [0.29, 0.717) is 28.8 Å². The summed E-state index contributed by atoms with van der Waals surface area (Å²) < 4.78 is 43.2. The van der Waals surface area contributed by atoms with Gasteiger partial charge in [-0.05, 0) is 49.4 Å². The van der Waals surface area contributed by atoms with Gasteiger partial charge in [0.1, 0.15) is 0 Å². The maximum Gasteiger partial charge on any atom is 0.232 e. The molecule has 2 aliphatic rings. The van der Waals surface area contributed by atoms with Gasteiger partial charge in [-0.2, -0.15) is 4.36 Å². The predicted molar refractivity (Wildman–Crippen MR) is 90.4 cm³/mol. The van der Waals surface area contributed by atoms with Crippen molar-refractivity contribution in [3.63, 3.8) is 0 Å². The van der Waals surface area contributed by atoms with E-state index in [0.717, 1.165) is 32.1 Å². The van der Waals surface area contributed by atoms with Gasteiger partial charge in [-0.1, -0.05) is 12.8 Å². The minimum Gasteiger partial charge on any atom is -0.284 e. The van der Waals surface area contributed by atoms with Crippen LogP contribution in [0.25, 0.3) is 0 Å². The number of hydrogen-bond donors (Lipinski definition) is 1. The van der Waals surface area contributed by atoms with Crippen molar-refractivity contribution < 1.29 is 12.6 Å². The fourth-order valence-electron chi connectivity index (χ4n) is 2.59. The van der Waals surface area contributed by atoms with Crippen molar-refractivity contribution in [2.75, 3.05) is 22.0 Å². The monoisotopic (exact) mass is 342 g/mol. The maximum atomic E-state index is 12.3. The molecule has 1 aromatic carbocycles. The van der Waals surface area contributed by atoms with E-state index in [-0.39, 0.29) is 5.75 Å². The lowest BCUT2D eigenvalue weighted by Gasteiger charge is -2.08. The molecule has 0 bridgehead atoms. The Morgan fingerprint density at radius 1 is 1.14 bits per heavy atom. The zero-order valence-electron chi connectivity index (χ0n) is 12.5. The molecule has 0 aromatic heterocycles. The zero-order chi connectivity index (χ0) is 15.6. The first-order valence-electron chi connectivity index (χ1n) is 7.77. The lowest BCUT2D eigenvalue weighted by molar-refractivity contribution is 0.595. The lowest BCUT2D eigenvalue weighted by Crippen LogP contribution is -2.16. The lowest BCUT2D eigenvalue weighted by atomic mass is 10.3. The Labute approximate surface area is 132 Å². The first kappa shape index (κ1) is 15.8. The summed E-state index contributed by atoms with van der Waals surface area (Å²) in [6.07, 6.45) is 5.00. The summed E-state index contributed by atoms with van der Waals surface area (Å²) in [5.74, 6) is 2.11. The summed E-state index contributed by atoms with van der Waals surface area (Å²) in [4.78, 5) is 0. The van der Waals surface area contributed by atoms with Crippen LogP contribution in [-0.4, -0.2) is 29.9 Å². The van der Waals surface area contributed by atoms with Crippen molar-refractivity contribution in [3.05, 3.63) is 24.3 Å². The van der Waals surface area contributed by atoms with Crippen molar-refractivity contribution >= 4 is 31.1 Å². The molecule has 1 aliphatic heterocycles. The Kier molecular flexibility index (Phi) is 4.45. The van der Waals surface area contributed by atoms with E-state index in [1.165, 1.54) is 0 Å². The van der Waals surface area contributed by atoms with E-state index >= 15 is 0 Å². The second kappa shape index (κ2) is 6.20. The molecule has 122 valence electrons. The predicted octanol–water partition coefficient (Wildman–Crippen LogP) is 3.12. The van der Waals surface area contributed by atoms with Crippen molar-refractivity contribution in [1.29, 1.82) is 0 Å². The second-order valence-electron chi connectivity index (χ2n) is 6.18. The molecule has 0 radical (unpaired) electrons. The van der Waals surface area contributed by atoms with Gasteiger partial charge in [0, 0.05) is 17.2 Å². The van der Waals surface area contributed by atoms with E-state index in [1.807, 2.05) is 0 Å². The number of nitrogens with one attached hydrogen (secondary N) is 1. The Balaban J connectivity index is 1.65. The summed E-state index contributed by atoms with van der Waals surface area (Å²) in [5, 5.41) is 0. The van der Waals surface area contributed by atoms with E-state index < -0.39 is 19.8 Å². The average Bonchev–Trinajstić information content (AvgIpc) is 3.20. The van der Waals surface area contributed by atoms with E-state index in [2.05, 4.69) is 9.08 Å². The van der Waals surface area contributed by atoms with Crippen LogP contribution in [0.3, 0.4) is 0 Å². The molecule has 1 N–H and O–H groups in total. The highest BCUT2D eigenvalue weighted by Gasteiger charge is 2.24. The van der Waals surface area contributed by atoms with Gasteiger partial charge < -0.3 is 0 Å². The molecule has 1 aromatic rings. The average molecular weight is 342 g/mol. The third-order valence-corrected chi connectivity index (χ3v) is 7.80. The van der Waals surface area contributed by atoms with Crippen LogP contribution in [0, 0.1) is 5.92 Å². The second-order valence-corrected chi connectivity index (χ2v) is 10.6. The van der Waals surface area contributed by atoms with Crippen LogP contribution in [0.4, 0.5) is 11.4 Å². The van der Waals surface area contributed by atoms with Crippen LogP contribution in [0.2, 0.25) is 0 Å². The molecule has 0 amide bonds. The smallest absolute Gasteiger partial charge is 0.232 e. The molecule has 1 saturated carbocycles. The van der Waals surface area contributed by atoms with Gasteiger partial charge in [0.25, 0.3) is 0 Å². The summed E-state index contributed by atoms with van der Waals surface area (Å²) in [7, 11) is -5.35. The quantitative estimate of drug-likeness (QED) is 0.863. The zero-order valence-corrected chi connectivity index (χ0v) is 14.2. The summed E-state index contributed by atoms with van der Waals surface area (Å²) >= 11 is 0. The van der Waals surface area contributed by atoms with Crippen LogP contribution in [0.5, 0.6) is 0 Å². The van der Waals surface area contributed by atoms with E-state index in [9.17, 15) is 12.6 Å². The van der Waals surface area contributed by atoms with Crippen LogP contribution in [-0.2, 0) is 19.8 Å². The molecule has 7 heteroatoms. The van der Waals surface area contributed by atoms with Crippen molar-refractivity contribution in [2.45, 2.75) is 32.1 Å². The van der Waals surface area contributed by atoms with Gasteiger partial charge in [-0.25, -0.2) is 12.6 Å². The third kappa shape index (κ3) is 4.46. The third-order valence-electron chi connectivity index (χ3n) is 4.08. The van der Waals surface area contributed by atoms with Crippen LogP contribution >= 0.6 is 0 Å². The van der Waals surface area contributed by atoms with Gasteiger partial charge in [-0.3, -0.25) is 4.72 Å². The number of sulfonamides is 1. The number of rotatable bonds is 6. The number of benzene rings is 1. The highest BCUT2D eigenvalue weighted by Crippen LogP contribution is 2.32. The van der Waals surface area contributed by atoms with Gasteiger partial charge in [0.2, 0.25) is 10.0 Å². The minimum atomic E-state index is -3.27. The molecule has 0 spiro atoms. The first-order chi connectivity index (χ1) is 10.4. The van der Waals surface area contributed by atoms with Crippen LogP contribution < -0.4 is 4.72 Å². The molecule has 0 atom stereocenters. The molecule has 1 saturated heterocycles. The molecule has 1 heterocycles. The highest BCUT2D eigenvalue weighted by atomic mass is 32.2. The van der Waals surface area contributed by atoms with Crippen molar-refractivity contribution in [3.8, 4) is 0 Å². The molecule has 1 aliphatic carbocycles. The molecule has 5 nitrogen and oxygen atoms in total. The Bertz CT molecular complexity index is 731. The molecule has 2 fully saturated rings. The van der Waals surface area contributed by atoms with Crippen molar-refractivity contribution in [1.82, 2.24) is 0 Å². The normalized spacial score (nSPS) is 20.7. The Morgan fingerprint density at radius 2 is 1.77 bits per heavy atom. The van der Waals surface area contributed by atoms with Crippen LogP contribution in [0.1, 0.15) is 32.1 Å². The fraction of sp³-hybridized carbons (Fsp3) is 0.600. The van der Waals surface area contributed by atoms with Crippen LogP contribution in [0.15, 0.2) is 28.6 Å². The van der Waals surface area contributed by atoms with Gasteiger partial charge in [0.05, 0.1) is 21.2 Å². The van der Waals surface area contributed by atoms with Gasteiger partial charge >= 0.3 is 0 Å². The highest BCUT2D eigenvalue weighted by molar-refractivity contribution is 7.94. The number of anilines is 1. The molecular formula is C15H22N2O3S2. The Hall–Kier alpha value is -1.08. The molecule has 3 rings (SSSR count). The fourth-order valence-corrected chi connectivity index (χ4v) is 6.03. The first-order valence-corrected chi connectivity index (χ1v) is 11.3. The van der Waals surface area contributed by atoms with E-state index in [1.54, 1.807) is 24.3 Å². The number of nitrogens with zero attached hydrogens (tertiary/aromatic N) is 1. The summed E-state index contributed by atoms with van der Waals surface area (Å²) in [5.41, 5.74) is 1.20. The maximum absolute atomic E-state index is 12.3. The topological polar surface area (TPSA) is 75.6 Å². The van der Waals surface area contributed by atoms with Crippen molar-refractivity contribution in [2.24, 2.45) is 10.3 Å². The summed E-state index contributed by atoms with van der Waals surface area (Å²) in [6.45, 7) is 0. The number of hydrogen-bond acceptors (Lipinski definition) is 4.